The Labute approximate surface area is 123 Å². The fourth-order valence-electron chi connectivity index (χ4n) is 2.35. The molecule has 7 heteroatoms. The molecule has 0 unspecified atom stereocenters. The van der Waals surface area contributed by atoms with Gasteiger partial charge in [-0.05, 0) is 42.5 Å². The van der Waals surface area contributed by atoms with Gasteiger partial charge in [-0.3, -0.25) is 0 Å². The van der Waals surface area contributed by atoms with E-state index in [-0.39, 0.29) is 10.8 Å². The zero-order chi connectivity index (χ0) is 15.0. The third-order valence-electron chi connectivity index (χ3n) is 3.27. The summed E-state index contributed by atoms with van der Waals surface area (Å²) < 4.78 is 38.0. The quantitative estimate of drug-likeness (QED) is 0.859. The molecule has 1 aromatic heterocycles. The average molecular weight is 311 g/mol. The summed E-state index contributed by atoms with van der Waals surface area (Å²) in [7, 11) is 0. The average Bonchev–Trinajstić information content (AvgIpc) is 2.84. The molecule has 1 aliphatic carbocycles. The molecule has 0 spiro atoms. The normalized spacial score (nSPS) is 14.2. The Morgan fingerprint density at radius 1 is 1.05 bits per heavy atom. The van der Waals surface area contributed by atoms with Gasteiger partial charge in [0.05, 0.1) is 0 Å². The maximum Gasteiger partial charge on any atom is 0.451 e. The highest BCUT2D eigenvalue weighted by atomic mass is 32.2. The lowest BCUT2D eigenvalue weighted by atomic mass is 10.1. The minimum absolute atomic E-state index is 0.180. The van der Waals surface area contributed by atoms with Crippen molar-refractivity contribution in [3.8, 4) is 0 Å². The van der Waals surface area contributed by atoms with Crippen LogP contribution in [0.25, 0.3) is 0 Å². The van der Waals surface area contributed by atoms with Crippen molar-refractivity contribution in [2.75, 3.05) is 5.73 Å². The van der Waals surface area contributed by atoms with Crippen LogP contribution in [-0.4, -0.2) is 9.97 Å². The number of nitrogens with zero attached hydrogens (tertiary/aromatic N) is 2. The molecule has 110 valence electrons. The first-order valence-electron chi connectivity index (χ1n) is 6.43. The SMILES string of the molecule is Nc1cc(Sc2ccc3c(c2)CCC3)nc(C(F)(F)F)n1. The number of rotatable bonds is 2. The number of hydrogen-bond acceptors (Lipinski definition) is 4. The Hall–Kier alpha value is -1.76. The molecule has 2 aromatic rings. The van der Waals surface area contributed by atoms with Crippen molar-refractivity contribution in [2.45, 2.75) is 35.4 Å². The predicted octanol–water partition coefficient (Wildman–Crippen LogP) is 3.72. The lowest BCUT2D eigenvalue weighted by Crippen LogP contribution is -2.12. The number of aromatic nitrogens is 2. The summed E-state index contributed by atoms with van der Waals surface area (Å²) in [5.41, 5.74) is 8.01. The lowest BCUT2D eigenvalue weighted by Gasteiger charge is -2.09. The van der Waals surface area contributed by atoms with Gasteiger partial charge in [0.25, 0.3) is 0 Å². The van der Waals surface area contributed by atoms with Gasteiger partial charge in [-0.1, -0.05) is 17.8 Å². The zero-order valence-corrected chi connectivity index (χ0v) is 11.8. The van der Waals surface area contributed by atoms with E-state index in [2.05, 4.69) is 9.97 Å². The van der Waals surface area contributed by atoms with Crippen LogP contribution < -0.4 is 5.73 Å². The lowest BCUT2D eigenvalue weighted by molar-refractivity contribution is -0.145. The number of nitrogen functional groups attached to an aromatic ring is 1. The molecule has 1 heterocycles. The Bertz CT molecular complexity index is 686. The second kappa shape index (κ2) is 5.22. The van der Waals surface area contributed by atoms with Crippen LogP contribution in [0.1, 0.15) is 23.4 Å². The van der Waals surface area contributed by atoms with Crippen LogP contribution in [0, 0.1) is 0 Å². The summed E-state index contributed by atoms with van der Waals surface area (Å²) in [5.74, 6) is -1.38. The molecular weight excluding hydrogens is 299 g/mol. The standard InChI is InChI=1S/C14H12F3N3S/c15-14(16,17)13-19-11(18)7-12(20-13)21-10-5-4-8-2-1-3-9(8)6-10/h4-7H,1-3H2,(H2,18,19,20). The van der Waals surface area contributed by atoms with Gasteiger partial charge in [-0.25, -0.2) is 9.97 Å². The maximum absolute atomic E-state index is 12.7. The van der Waals surface area contributed by atoms with Gasteiger partial charge < -0.3 is 5.73 Å². The van der Waals surface area contributed by atoms with Crippen LogP contribution in [0.15, 0.2) is 34.2 Å². The van der Waals surface area contributed by atoms with Gasteiger partial charge in [0, 0.05) is 11.0 Å². The van der Waals surface area contributed by atoms with Crippen molar-refractivity contribution in [3.05, 3.63) is 41.2 Å². The third-order valence-corrected chi connectivity index (χ3v) is 4.18. The van der Waals surface area contributed by atoms with E-state index < -0.39 is 12.0 Å². The third kappa shape index (κ3) is 3.12. The molecular formula is C14H12F3N3S. The van der Waals surface area contributed by atoms with E-state index in [9.17, 15) is 13.2 Å². The number of benzene rings is 1. The van der Waals surface area contributed by atoms with Crippen LogP contribution in [-0.2, 0) is 19.0 Å². The molecule has 21 heavy (non-hydrogen) atoms. The fourth-order valence-corrected chi connectivity index (χ4v) is 3.24. The maximum atomic E-state index is 12.7. The van der Waals surface area contributed by atoms with E-state index in [1.165, 1.54) is 29.0 Å². The molecule has 0 fully saturated rings. The van der Waals surface area contributed by atoms with E-state index in [1.54, 1.807) is 0 Å². The second-order valence-corrected chi connectivity index (χ2v) is 5.93. The Morgan fingerprint density at radius 3 is 2.57 bits per heavy atom. The second-order valence-electron chi connectivity index (χ2n) is 4.84. The topological polar surface area (TPSA) is 51.8 Å². The van der Waals surface area contributed by atoms with Crippen molar-refractivity contribution in [3.63, 3.8) is 0 Å². The number of nitrogens with two attached hydrogens (primary N) is 1. The molecule has 0 saturated heterocycles. The Kier molecular flexibility index (Phi) is 3.52. The van der Waals surface area contributed by atoms with Crippen LogP contribution >= 0.6 is 11.8 Å². The highest BCUT2D eigenvalue weighted by Gasteiger charge is 2.35. The van der Waals surface area contributed by atoms with E-state index in [1.807, 2.05) is 18.2 Å². The van der Waals surface area contributed by atoms with E-state index >= 15 is 0 Å². The molecule has 0 amide bonds. The smallest absolute Gasteiger partial charge is 0.384 e. The summed E-state index contributed by atoms with van der Waals surface area (Å²) in [4.78, 5) is 7.64. The number of hydrogen-bond donors (Lipinski definition) is 1. The Balaban J connectivity index is 1.89. The van der Waals surface area contributed by atoms with Crippen LogP contribution in [0.5, 0.6) is 0 Å². The van der Waals surface area contributed by atoms with Gasteiger partial charge in [-0.15, -0.1) is 0 Å². The molecule has 0 aliphatic heterocycles. The summed E-state index contributed by atoms with van der Waals surface area (Å²) in [6.07, 6.45) is -1.38. The molecule has 0 radical (unpaired) electrons. The number of anilines is 1. The first-order chi connectivity index (χ1) is 9.91. The summed E-state index contributed by atoms with van der Waals surface area (Å²) >= 11 is 1.17. The molecule has 3 nitrogen and oxygen atoms in total. The summed E-state index contributed by atoms with van der Waals surface area (Å²) in [6.45, 7) is 0. The highest BCUT2D eigenvalue weighted by molar-refractivity contribution is 7.99. The van der Waals surface area contributed by atoms with Crippen molar-refractivity contribution in [1.29, 1.82) is 0 Å². The van der Waals surface area contributed by atoms with Gasteiger partial charge in [0.15, 0.2) is 0 Å². The van der Waals surface area contributed by atoms with Crippen LogP contribution in [0.2, 0.25) is 0 Å². The molecule has 1 aromatic carbocycles. The first kappa shape index (κ1) is 14.2. The minimum atomic E-state index is -4.59. The molecule has 0 atom stereocenters. The van der Waals surface area contributed by atoms with Gasteiger partial charge in [0.1, 0.15) is 10.8 Å². The van der Waals surface area contributed by atoms with Crippen LogP contribution in [0.4, 0.5) is 19.0 Å². The summed E-state index contributed by atoms with van der Waals surface area (Å²) in [5, 5.41) is 0.202. The van der Waals surface area contributed by atoms with Gasteiger partial charge in [0.2, 0.25) is 5.82 Å². The molecule has 3 rings (SSSR count). The molecule has 0 bridgehead atoms. The number of halogens is 3. The number of fused-ring (bicyclic) bond motifs is 1. The van der Waals surface area contributed by atoms with E-state index in [4.69, 9.17) is 5.73 Å². The van der Waals surface area contributed by atoms with Crippen molar-refractivity contribution >= 4 is 17.6 Å². The van der Waals surface area contributed by atoms with Gasteiger partial charge in [-0.2, -0.15) is 13.2 Å². The summed E-state index contributed by atoms with van der Waals surface area (Å²) in [6, 6.07) is 7.30. The largest absolute Gasteiger partial charge is 0.451 e. The van der Waals surface area contributed by atoms with Crippen molar-refractivity contribution in [1.82, 2.24) is 9.97 Å². The zero-order valence-electron chi connectivity index (χ0n) is 10.9. The molecule has 1 aliphatic rings. The first-order valence-corrected chi connectivity index (χ1v) is 7.25. The van der Waals surface area contributed by atoms with Crippen molar-refractivity contribution in [2.24, 2.45) is 0 Å². The number of aryl methyl sites for hydroxylation is 2. The van der Waals surface area contributed by atoms with E-state index in [0.717, 1.165) is 24.2 Å². The highest BCUT2D eigenvalue weighted by Crippen LogP contribution is 2.34. The predicted molar refractivity (Wildman–Crippen MR) is 74.0 cm³/mol. The van der Waals surface area contributed by atoms with Crippen molar-refractivity contribution < 1.29 is 13.2 Å². The minimum Gasteiger partial charge on any atom is -0.384 e. The molecule has 0 saturated carbocycles. The Morgan fingerprint density at radius 2 is 1.81 bits per heavy atom. The number of alkyl halides is 3. The van der Waals surface area contributed by atoms with Crippen LogP contribution in [0.3, 0.4) is 0 Å². The fraction of sp³-hybridized carbons (Fsp3) is 0.286. The van der Waals surface area contributed by atoms with Gasteiger partial charge >= 0.3 is 6.18 Å². The molecule has 2 N–H and O–H groups in total. The monoisotopic (exact) mass is 311 g/mol. The van der Waals surface area contributed by atoms with E-state index in [0.29, 0.717) is 0 Å².